The molecule has 3 aromatic rings. The lowest BCUT2D eigenvalue weighted by atomic mass is 9.71. The Bertz CT molecular complexity index is 1380. The van der Waals surface area contributed by atoms with Gasteiger partial charge in [0.25, 0.3) is 11.9 Å². The molecule has 232 valence electrons. The molecule has 0 aliphatic heterocycles. The summed E-state index contributed by atoms with van der Waals surface area (Å²) >= 11 is 0. The lowest BCUT2D eigenvalue weighted by Gasteiger charge is -2.41. The van der Waals surface area contributed by atoms with Crippen molar-refractivity contribution >= 4 is 23.6 Å². The number of carbonyl (C=O) groups is 2. The number of benzene rings is 2. The largest absolute Gasteiger partial charge is 0.416 e. The number of aromatic amines is 1. The SMILES string of the molecule is CC(C)(C)C1CCC(N(Cc2ccc(C(=O)Nc3nn[nH]n3)cc2)C(=O)Nc2cc(C(F)(F)F)cc(C(F)(F)F)c2)CC1. The molecule has 9 nitrogen and oxygen atoms in total. The maximum Gasteiger partial charge on any atom is 0.416 e. The van der Waals surface area contributed by atoms with Gasteiger partial charge in [-0.15, -0.1) is 5.10 Å². The van der Waals surface area contributed by atoms with Gasteiger partial charge in [-0.25, -0.2) is 4.79 Å². The Morgan fingerprint density at radius 1 is 0.884 bits per heavy atom. The van der Waals surface area contributed by atoms with Crippen LogP contribution >= 0.6 is 0 Å². The van der Waals surface area contributed by atoms with Crippen LogP contribution in [0.1, 0.15) is 73.5 Å². The van der Waals surface area contributed by atoms with E-state index in [1.54, 1.807) is 12.1 Å². The Morgan fingerprint density at radius 3 is 1.95 bits per heavy atom. The predicted molar refractivity (Wildman–Crippen MR) is 145 cm³/mol. The summed E-state index contributed by atoms with van der Waals surface area (Å²) in [5, 5.41) is 17.6. The molecule has 0 bridgehead atoms. The van der Waals surface area contributed by atoms with Crippen molar-refractivity contribution in [3.63, 3.8) is 0 Å². The Balaban J connectivity index is 1.58. The summed E-state index contributed by atoms with van der Waals surface area (Å²) in [6.07, 6.45) is -7.29. The van der Waals surface area contributed by atoms with Gasteiger partial charge in [0.05, 0.1) is 11.1 Å². The minimum absolute atomic E-state index is 0.00845. The molecule has 3 amide bonds. The molecule has 4 rings (SSSR count). The fourth-order valence-electron chi connectivity index (χ4n) is 5.19. The van der Waals surface area contributed by atoms with Crippen LogP contribution in [0.2, 0.25) is 0 Å². The summed E-state index contributed by atoms with van der Waals surface area (Å²) in [5.41, 5.74) is -2.76. The molecular weight excluding hydrogens is 580 g/mol. The minimum atomic E-state index is -5.05. The molecule has 0 radical (unpaired) electrons. The molecule has 2 aromatic carbocycles. The van der Waals surface area contributed by atoms with E-state index < -0.39 is 41.1 Å². The molecule has 1 aromatic heterocycles. The lowest BCUT2D eigenvalue weighted by molar-refractivity contribution is -0.143. The van der Waals surface area contributed by atoms with Crippen LogP contribution in [0.4, 0.5) is 42.8 Å². The smallest absolute Gasteiger partial charge is 0.317 e. The zero-order valence-corrected chi connectivity index (χ0v) is 23.6. The average Bonchev–Trinajstić information content (AvgIpc) is 3.43. The maximum absolute atomic E-state index is 13.5. The number of hydrogen-bond donors (Lipinski definition) is 3. The third-order valence-electron chi connectivity index (χ3n) is 7.60. The Kier molecular flexibility index (Phi) is 9.02. The number of amides is 3. The van der Waals surface area contributed by atoms with Crippen LogP contribution in [0.15, 0.2) is 42.5 Å². The van der Waals surface area contributed by atoms with E-state index in [9.17, 15) is 35.9 Å². The van der Waals surface area contributed by atoms with E-state index in [-0.39, 0.29) is 35.6 Å². The fraction of sp³-hybridized carbons (Fsp3) is 0.464. The van der Waals surface area contributed by atoms with Crippen LogP contribution in [0.3, 0.4) is 0 Å². The highest BCUT2D eigenvalue weighted by Crippen LogP contribution is 2.40. The molecule has 0 saturated heterocycles. The quantitative estimate of drug-likeness (QED) is 0.257. The van der Waals surface area contributed by atoms with Crippen molar-refractivity contribution in [3.05, 3.63) is 64.7 Å². The number of urea groups is 1. The monoisotopic (exact) mass is 611 g/mol. The van der Waals surface area contributed by atoms with E-state index in [4.69, 9.17) is 0 Å². The Hall–Kier alpha value is -4.17. The number of carbonyl (C=O) groups excluding carboxylic acids is 2. The number of tetrazole rings is 1. The average molecular weight is 612 g/mol. The molecule has 1 heterocycles. The van der Waals surface area contributed by atoms with Crippen molar-refractivity contribution in [2.75, 3.05) is 10.6 Å². The molecule has 43 heavy (non-hydrogen) atoms. The molecule has 15 heteroatoms. The zero-order valence-electron chi connectivity index (χ0n) is 23.6. The van der Waals surface area contributed by atoms with Gasteiger partial charge in [-0.1, -0.05) is 38.0 Å². The molecule has 1 aliphatic rings. The van der Waals surface area contributed by atoms with Crippen LogP contribution < -0.4 is 10.6 Å². The number of rotatable bonds is 6. The first kappa shape index (κ1) is 31.8. The van der Waals surface area contributed by atoms with Crippen LogP contribution in [-0.2, 0) is 18.9 Å². The topological polar surface area (TPSA) is 116 Å². The number of H-pyrrole nitrogens is 1. The standard InChI is InChI=1S/C28H31F6N7O2/c1-26(2,3)18-8-10-22(11-9-18)41(15-16-4-6-17(7-5-16)23(42)36-24-37-39-40-38-24)25(43)35-21-13-19(27(29,30)31)12-20(14-21)28(32,33)34/h4-7,12-14,18,22H,8-11,15H2,1-3H3,(H,35,43)(H2,36,37,38,39,40,42). The number of alkyl halides is 6. The van der Waals surface area contributed by atoms with Crippen molar-refractivity contribution in [1.29, 1.82) is 0 Å². The first-order valence-electron chi connectivity index (χ1n) is 13.5. The Labute approximate surface area is 243 Å². The fourth-order valence-corrected chi connectivity index (χ4v) is 5.19. The van der Waals surface area contributed by atoms with E-state index in [2.05, 4.69) is 52.0 Å². The van der Waals surface area contributed by atoms with Crippen molar-refractivity contribution in [2.24, 2.45) is 11.3 Å². The normalized spacial score (nSPS) is 17.8. The third kappa shape index (κ3) is 8.23. The number of nitrogens with one attached hydrogen (secondary N) is 3. The molecule has 1 fully saturated rings. The number of aromatic nitrogens is 4. The van der Waals surface area contributed by atoms with E-state index >= 15 is 0 Å². The lowest BCUT2D eigenvalue weighted by Crippen LogP contribution is -2.45. The van der Waals surface area contributed by atoms with E-state index in [0.717, 1.165) is 12.8 Å². The van der Waals surface area contributed by atoms with Gasteiger partial charge in [0.15, 0.2) is 0 Å². The van der Waals surface area contributed by atoms with Crippen LogP contribution in [-0.4, -0.2) is 43.5 Å². The van der Waals surface area contributed by atoms with Gasteiger partial charge in [-0.05, 0) is 78.1 Å². The third-order valence-corrected chi connectivity index (χ3v) is 7.60. The second-order valence-corrected chi connectivity index (χ2v) is 11.6. The van der Waals surface area contributed by atoms with Gasteiger partial charge < -0.3 is 10.2 Å². The second kappa shape index (κ2) is 12.2. The molecular formula is C28H31F6N7O2. The van der Waals surface area contributed by atoms with Crippen molar-refractivity contribution in [1.82, 2.24) is 25.5 Å². The number of anilines is 2. The van der Waals surface area contributed by atoms with E-state index in [0.29, 0.717) is 36.5 Å². The summed E-state index contributed by atoms with van der Waals surface area (Å²) in [6, 6.07) is 6.09. The van der Waals surface area contributed by atoms with Crippen LogP contribution in [0, 0.1) is 11.3 Å². The van der Waals surface area contributed by atoms with Gasteiger partial charge >= 0.3 is 18.4 Å². The summed E-state index contributed by atoms with van der Waals surface area (Å²) in [5.74, 6) is -0.136. The number of halogens is 6. The number of nitrogens with zero attached hydrogens (tertiary/aromatic N) is 4. The van der Waals surface area contributed by atoms with Crippen molar-refractivity contribution in [3.8, 4) is 0 Å². The molecule has 3 N–H and O–H groups in total. The van der Waals surface area contributed by atoms with Gasteiger partial charge in [0.1, 0.15) is 0 Å². The van der Waals surface area contributed by atoms with E-state index in [1.807, 2.05) is 0 Å². The van der Waals surface area contributed by atoms with Crippen molar-refractivity contribution < 1.29 is 35.9 Å². The zero-order chi connectivity index (χ0) is 31.6. The maximum atomic E-state index is 13.5. The van der Waals surface area contributed by atoms with Gasteiger partial charge in [-0.3, -0.25) is 10.1 Å². The van der Waals surface area contributed by atoms with E-state index in [1.165, 1.54) is 17.0 Å². The van der Waals surface area contributed by atoms with Gasteiger partial charge in [0, 0.05) is 23.8 Å². The first-order chi connectivity index (χ1) is 20.0. The van der Waals surface area contributed by atoms with Crippen LogP contribution in [0.25, 0.3) is 0 Å². The predicted octanol–water partition coefficient (Wildman–Crippen LogP) is 7.13. The highest BCUT2D eigenvalue weighted by Gasteiger charge is 2.38. The first-order valence-corrected chi connectivity index (χ1v) is 13.5. The second-order valence-electron chi connectivity index (χ2n) is 11.6. The highest BCUT2D eigenvalue weighted by atomic mass is 19.4. The summed E-state index contributed by atoms with van der Waals surface area (Å²) < 4.78 is 80.4. The molecule has 1 saturated carbocycles. The minimum Gasteiger partial charge on any atom is -0.317 e. The highest BCUT2D eigenvalue weighted by molar-refractivity contribution is 6.03. The molecule has 0 atom stereocenters. The summed E-state index contributed by atoms with van der Waals surface area (Å²) in [6.45, 7) is 6.40. The molecule has 0 unspecified atom stereocenters. The van der Waals surface area contributed by atoms with Gasteiger partial charge in [0.2, 0.25) is 0 Å². The van der Waals surface area contributed by atoms with Crippen molar-refractivity contribution in [2.45, 2.75) is 71.4 Å². The summed E-state index contributed by atoms with van der Waals surface area (Å²) in [7, 11) is 0. The molecule has 0 spiro atoms. The van der Waals surface area contributed by atoms with Gasteiger partial charge in [-0.2, -0.15) is 31.6 Å². The van der Waals surface area contributed by atoms with Crippen LogP contribution in [0.5, 0.6) is 0 Å². The summed E-state index contributed by atoms with van der Waals surface area (Å²) in [4.78, 5) is 27.4. The number of hydrogen-bond acceptors (Lipinski definition) is 5. The Morgan fingerprint density at radius 2 is 1.47 bits per heavy atom. The molecule has 1 aliphatic carbocycles.